The average molecular weight is 296 g/mol. The van der Waals surface area contributed by atoms with E-state index < -0.39 is 0 Å². The van der Waals surface area contributed by atoms with Gasteiger partial charge in [-0.1, -0.05) is 12.1 Å². The van der Waals surface area contributed by atoms with Crippen LogP contribution in [0.25, 0.3) is 11.0 Å². The summed E-state index contributed by atoms with van der Waals surface area (Å²) in [6.45, 7) is 0.364. The molecule has 3 aromatic rings. The molecule has 0 fully saturated rings. The predicted octanol–water partition coefficient (Wildman–Crippen LogP) is 2.94. The SMILES string of the molecule is COC(=O)c1ccc(OCc2nc3ccccc3n2C)cc1. The number of para-hydroxylation sites is 2. The number of aryl methyl sites for hydroxylation is 1. The minimum absolute atomic E-state index is 0.359. The molecule has 0 amide bonds. The summed E-state index contributed by atoms with van der Waals surface area (Å²) in [6.07, 6.45) is 0. The minimum Gasteiger partial charge on any atom is -0.486 e. The maximum atomic E-state index is 11.4. The summed E-state index contributed by atoms with van der Waals surface area (Å²) in [5, 5.41) is 0. The van der Waals surface area contributed by atoms with Crippen LogP contribution in [0.4, 0.5) is 0 Å². The highest BCUT2D eigenvalue weighted by Gasteiger charge is 2.08. The maximum Gasteiger partial charge on any atom is 0.337 e. The number of ether oxygens (including phenoxy) is 2. The first-order valence-corrected chi connectivity index (χ1v) is 6.90. The number of esters is 1. The fraction of sp³-hybridized carbons (Fsp3) is 0.176. The third-order valence-electron chi connectivity index (χ3n) is 3.52. The molecule has 0 aliphatic rings. The van der Waals surface area contributed by atoms with E-state index >= 15 is 0 Å². The molecule has 0 N–H and O–H groups in total. The Hall–Kier alpha value is -2.82. The normalized spacial score (nSPS) is 10.6. The molecule has 1 aromatic heterocycles. The highest BCUT2D eigenvalue weighted by atomic mass is 16.5. The largest absolute Gasteiger partial charge is 0.486 e. The number of carbonyl (C=O) groups excluding carboxylic acids is 1. The third-order valence-corrected chi connectivity index (χ3v) is 3.52. The van der Waals surface area contributed by atoms with Gasteiger partial charge in [0.25, 0.3) is 0 Å². The maximum absolute atomic E-state index is 11.4. The molecule has 0 atom stereocenters. The molecule has 2 aromatic carbocycles. The first-order chi connectivity index (χ1) is 10.7. The highest BCUT2D eigenvalue weighted by Crippen LogP contribution is 2.17. The zero-order valence-electron chi connectivity index (χ0n) is 12.4. The number of carbonyl (C=O) groups is 1. The molecule has 5 nitrogen and oxygen atoms in total. The fourth-order valence-electron chi connectivity index (χ4n) is 2.28. The molecule has 0 aliphatic carbocycles. The van der Waals surface area contributed by atoms with Gasteiger partial charge in [0.2, 0.25) is 0 Å². The van der Waals surface area contributed by atoms with Crippen LogP contribution in [0.1, 0.15) is 16.2 Å². The Morgan fingerprint density at radius 2 is 1.86 bits per heavy atom. The molecule has 5 heteroatoms. The number of fused-ring (bicyclic) bond motifs is 1. The van der Waals surface area contributed by atoms with E-state index in [0.717, 1.165) is 16.9 Å². The number of rotatable bonds is 4. The lowest BCUT2D eigenvalue weighted by Gasteiger charge is -2.07. The molecule has 112 valence electrons. The first kappa shape index (κ1) is 14.1. The van der Waals surface area contributed by atoms with Gasteiger partial charge in [0, 0.05) is 7.05 Å². The molecule has 22 heavy (non-hydrogen) atoms. The molecule has 0 spiro atoms. The van der Waals surface area contributed by atoms with Crippen LogP contribution in [0.15, 0.2) is 48.5 Å². The van der Waals surface area contributed by atoms with Crippen LogP contribution in [0.5, 0.6) is 5.75 Å². The van der Waals surface area contributed by atoms with Crippen molar-refractivity contribution in [2.24, 2.45) is 7.05 Å². The molecule has 0 unspecified atom stereocenters. The summed E-state index contributed by atoms with van der Waals surface area (Å²) in [6, 6.07) is 14.8. The molecule has 0 saturated carbocycles. The third kappa shape index (κ3) is 2.65. The highest BCUT2D eigenvalue weighted by molar-refractivity contribution is 5.89. The van der Waals surface area contributed by atoms with Crippen molar-refractivity contribution in [3.8, 4) is 5.75 Å². The van der Waals surface area contributed by atoms with Crippen LogP contribution < -0.4 is 4.74 Å². The molecule has 0 aliphatic heterocycles. The topological polar surface area (TPSA) is 53.4 Å². The first-order valence-electron chi connectivity index (χ1n) is 6.90. The Balaban J connectivity index is 1.74. The number of nitrogens with zero attached hydrogens (tertiary/aromatic N) is 2. The van der Waals surface area contributed by atoms with Gasteiger partial charge >= 0.3 is 5.97 Å². The van der Waals surface area contributed by atoms with Crippen LogP contribution in [-0.4, -0.2) is 22.6 Å². The van der Waals surface area contributed by atoms with Crippen molar-refractivity contribution in [1.29, 1.82) is 0 Å². The quantitative estimate of drug-likeness (QED) is 0.695. The van der Waals surface area contributed by atoms with Gasteiger partial charge in [-0.05, 0) is 36.4 Å². The van der Waals surface area contributed by atoms with Gasteiger partial charge in [-0.25, -0.2) is 9.78 Å². The lowest BCUT2D eigenvalue weighted by atomic mass is 10.2. The summed E-state index contributed by atoms with van der Waals surface area (Å²) in [5.74, 6) is 1.17. The van der Waals surface area contributed by atoms with Crippen molar-refractivity contribution in [2.75, 3.05) is 7.11 Å². The van der Waals surface area contributed by atoms with Crippen molar-refractivity contribution in [3.05, 3.63) is 59.9 Å². The standard InChI is InChI=1S/C17H16N2O3/c1-19-15-6-4-3-5-14(15)18-16(19)11-22-13-9-7-12(8-10-13)17(20)21-2/h3-10H,11H2,1-2H3. The van der Waals surface area contributed by atoms with E-state index in [9.17, 15) is 4.79 Å². The number of hydrogen-bond acceptors (Lipinski definition) is 4. The van der Waals surface area contributed by atoms with Crippen LogP contribution in [-0.2, 0) is 18.4 Å². The van der Waals surface area contributed by atoms with Crippen LogP contribution in [0.2, 0.25) is 0 Å². The van der Waals surface area contributed by atoms with Gasteiger partial charge in [-0.3, -0.25) is 0 Å². The molecule has 0 bridgehead atoms. The summed E-state index contributed by atoms with van der Waals surface area (Å²) in [4.78, 5) is 15.9. The molecular weight excluding hydrogens is 280 g/mol. The van der Waals surface area contributed by atoms with E-state index in [2.05, 4.69) is 9.72 Å². The fourth-order valence-corrected chi connectivity index (χ4v) is 2.28. The van der Waals surface area contributed by atoms with E-state index in [0.29, 0.717) is 17.9 Å². The van der Waals surface area contributed by atoms with E-state index in [1.807, 2.05) is 35.9 Å². The Morgan fingerprint density at radius 1 is 1.14 bits per heavy atom. The smallest absolute Gasteiger partial charge is 0.337 e. The zero-order chi connectivity index (χ0) is 15.5. The second kappa shape index (κ2) is 5.89. The van der Waals surface area contributed by atoms with Crippen molar-refractivity contribution in [2.45, 2.75) is 6.61 Å². The zero-order valence-corrected chi connectivity index (χ0v) is 12.4. The summed E-state index contributed by atoms with van der Waals surface area (Å²) >= 11 is 0. The number of hydrogen-bond donors (Lipinski definition) is 0. The number of benzene rings is 2. The van der Waals surface area contributed by atoms with E-state index in [1.54, 1.807) is 24.3 Å². The summed E-state index contributed by atoms with van der Waals surface area (Å²) in [7, 11) is 3.33. The lowest BCUT2D eigenvalue weighted by molar-refractivity contribution is 0.0600. The van der Waals surface area contributed by atoms with Gasteiger partial charge in [-0.15, -0.1) is 0 Å². The number of methoxy groups -OCH3 is 1. The van der Waals surface area contributed by atoms with Gasteiger partial charge in [0.15, 0.2) is 0 Å². The van der Waals surface area contributed by atoms with Gasteiger partial charge in [0.05, 0.1) is 23.7 Å². The lowest BCUT2D eigenvalue weighted by Crippen LogP contribution is -2.04. The second-order valence-corrected chi connectivity index (χ2v) is 4.88. The Labute approximate surface area is 128 Å². The van der Waals surface area contributed by atoms with Crippen molar-refractivity contribution in [1.82, 2.24) is 9.55 Å². The number of imidazole rings is 1. The molecule has 1 heterocycles. The second-order valence-electron chi connectivity index (χ2n) is 4.88. The average Bonchev–Trinajstić information content (AvgIpc) is 2.89. The Morgan fingerprint density at radius 3 is 2.55 bits per heavy atom. The monoisotopic (exact) mass is 296 g/mol. The summed E-state index contributed by atoms with van der Waals surface area (Å²) in [5.41, 5.74) is 2.52. The molecular formula is C17H16N2O3. The number of aromatic nitrogens is 2. The molecule has 3 rings (SSSR count). The van der Waals surface area contributed by atoms with Gasteiger partial charge in [0.1, 0.15) is 18.2 Å². The summed E-state index contributed by atoms with van der Waals surface area (Å²) < 4.78 is 12.4. The van der Waals surface area contributed by atoms with Gasteiger partial charge in [-0.2, -0.15) is 0 Å². The Kier molecular flexibility index (Phi) is 3.78. The van der Waals surface area contributed by atoms with E-state index in [1.165, 1.54) is 7.11 Å². The Bertz CT molecular complexity index is 806. The van der Waals surface area contributed by atoms with Crippen LogP contribution in [0.3, 0.4) is 0 Å². The van der Waals surface area contributed by atoms with Crippen molar-refractivity contribution >= 4 is 17.0 Å². The van der Waals surface area contributed by atoms with Crippen molar-refractivity contribution < 1.29 is 14.3 Å². The minimum atomic E-state index is -0.359. The van der Waals surface area contributed by atoms with Gasteiger partial charge < -0.3 is 14.0 Å². The molecule has 0 saturated heterocycles. The predicted molar refractivity (Wildman–Crippen MR) is 82.8 cm³/mol. The van der Waals surface area contributed by atoms with Crippen LogP contribution >= 0.6 is 0 Å². The van der Waals surface area contributed by atoms with Crippen molar-refractivity contribution in [3.63, 3.8) is 0 Å². The van der Waals surface area contributed by atoms with E-state index in [-0.39, 0.29) is 5.97 Å². The van der Waals surface area contributed by atoms with E-state index in [4.69, 9.17) is 4.74 Å². The molecule has 0 radical (unpaired) electrons. The van der Waals surface area contributed by atoms with Crippen LogP contribution in [0, 0.1) is 0 Å².